The number of aliphatic hydroxyl groups excluding tert-OH is 1. The van der Waals surface area contributed by atoms with Gasteiger partial charge in [-0.1, -0.05) is 42.5 Å². The summed E-state index contributed by atoms with van der Waals surface area (Å²) in [6.45, 7) is 12.0. The number of fused-ring (bicyclic) bond motifs is 1. The van der Waals surface area contributed by atoms with Crippen molar-refractivity contribution in [3.8, 4) is 11.5 Å². The molecule has 3 saturated heterocycles. The van der Waals surface area contributed by atoms with Gasteiger partial charge in [0.1, 0.15) is 23.1 Å². The summed E-state index contributed by atoms with van der Waals surface area (Å²) < 4.78 is 17.9. The van der Waals surface area contributed by atoms with E-state index in [1.165, 1.54) is 4.90 Å². The number of nitrogens with zero attached hydrogens (tertiary/aromatic N) is 3. The molecule has 3 fully saturated rings. The number of likely N-dealkylation sites (tertiary alicyclic amines) is 1. The normalized spacial score (nSPS) is 25.5. The molecular weight excluding hydrogens is 634 g/mol. The van der Waals surface area contributed by atoms with Gasteiger partial charge in [-0.05, 0) is 80.8 Å². The number of anilines is 2. The molecule has 1 spiro atoms. The predicted molar refractivity (Wildman–Crippen MR) is 191 cm³/mol. The van der Waals surface area contributed by atoms with Crippen LogP contribution in [0.4, 0.5) is 11.4 Å². The maximum absolute atomic E-state index is 15.1. The Morgan fingerprint density at radius 3 is 2.06 bits per heavy atom. The van der Waals surface area contributed by atoms with Crippen molar-refractivity contribution in [2.75, 3.05) is 43.2 Å². The molecule has 2 unspecified atom stereocenters. The molecular formula is C40H45N3O7. The summed E-state index contributed by atoms with van der Waals surface area (Å²) in [7, 11) is 1.57. The molecule has 3 aromatic rings. The van der Waals surface area contributed by atoms with Crippen LogP contribution >= 0.6 is 0 Å². The predicted octanol–water partition coefficient (Wildman–Crippen LogP) is 5.33. The molecule has 10 nitrogen and oxygen atoms in total. The number of aliphatic hydroxyl groups is 1. The molecule has 262 valence electrons. The van der Waals surface area contributed by atoms with E-state index in [1.807, 2.05) is 56.3 Å². The number of carbonyl (C=O) groups is 3. The number of rotatable bonds is 14. The van der Waals surface area contributed by atoms with Crippen LogP contribution in [0.1, 0.15) is 38.3 Å². The van der Waals surface area contributed by atoms with Crippen LogP contribution in [0.2, 0.25) is 0 Å². The second-order valence-corrected chi connectivity index (χ2v) is 13.2. The lowest BCUT2D eigenvalue weighted by Crippen LogP contribution is -2.57. The molecule has 50 heavy (non-hydrogen) atoms. The highest BCUT2D eigenvalue weighted by atomic mass is 16.5. The van der Waals surface area contributed by atoms with E-state index in [-0.39, 0.29) is 24.9 Å². The zero-order valence-corrected chi connectivity index (χ0v) is 28.9. The van der Waals surface area contributed by atoms with Gasteiger partial charge in [0.15, 0.2) is 0 Å². The quantitative estimate of drug-likeness (QED) is 0.230. The van der Waals surface area contributed by atoms with Crippen LogP contribution in [0.15, 0.2) is 104 Å². The molecule has 0 aromatic heterocycles. The third-order valence-electron chi connectivity index (χ3n) is 10.4. The van der Waals surface area contributed by atoms with Crippen molar-refractivity contribution in [1.82, 2.24) is 4.90 Å². The van der Waals surface area contributed by atoms with Crippen molar-refractivity contribution in [2.45, 2.75) is 50.0 Å². The largest absolute Gasteiger partial charge is 0.497 e. The van der Waals surface area contributed by atoms with Crippen molar-refractivity contribution in [3.63, 3.8) is 0 Å². The number of methoxy groups -OCH3 is 1. The molecule has 3 aliphatic heterocycles. The van der Waals surface area contributed by atoms with Gasteiger partial charge < -0.3 is 34.0 Å². The first-order valence-corrected chi connectivity index (χ1v) is 17.1. The number of carbonyl (C=O) groups excluding carboxylic acids is 3. The maximum Gasteiger partial charge on any atom is 0.253 e. The van der Waals surface area contributed by atoms with Crippen molar-refractivity contribution in [2.24, 2.45) is 11.8 Å². The van der Waals surface area contributed by atoms with Crippen LogP contribution in [-0.4, -0.2) is 78.4 Å². The molecule has 1 N–H and O–H groups in total. The van der Waals surface area contributed by atoms with Crippen molar-refractivity contribution in [1.29, 1.82) is 0 Å². The van der Waals surface area contributed by atoms with E-state index in [0.717, 1.165) is 0 Å². The Balaban J connectivity index is 1.47. The van der Waals surface area contributed by atoms with E-state index in [9.17, 15) is 9.90 Å². The zero-order valence-electron chi connectivity index (χ0n) is 28.9. The second-order valence-electron chi connectivity index (χ2n) is 13.2. The van der Waals surface area contributed by atoms with Gasteiger partial charge in [0, 0.05) is 24.5 Å². The molecule has 3 aliphatic rings. The summed E-state index contributed by atoms with van der Waals surface area (Å²) in [5.41, 5.74) is -0.457. The first kappa shape index (κ1) is 34.9. The molecule has 0 saturated carbocycles. The number of hydrogen-bond acceptors (Lipinski definition) is 7. The summed E-state index contributed by atoms with van der Waals surface area (Å²) in [6, 6.07) is 21.5. The molecule has 6 atom stereocenters. The average Bonchev–Trinajstić information content (AvgIpc) is 3.71. The average molecular weight is 680 g/mol. The van der Waals surface area contributed by atoms with Crippen LogP contribution in [0.25, 0.3) is 0 Å². The Morgan fingerprint density at radius 1 is 0.940 bits per heavy atom. The fourth-order valence-corrected chi connectivity index (χ4v) is 8.25. The third kappa shape index (κ3) is 5.76. The Morgan fingerprint density at radius 2 is 1.52 bits per heavy atom. The van der Waals surface area contributed by atoms with Crippen LogP contribution in [0, 0.1) is 11.8 Å². The van der Waals surface area contributed by atoms with Crippen molar-refractivity contribution >= 4 is 29.1 Å². The fourth-order valence-electron chi connectivity index (χ4n) is 8.25. The van der Waals surface area contributed by atoms with Crippen LogP contribution in [0.5, 0.6) is 11.5 Å². The monoisotopic (exact) mass is 679 g/mol. The highest BCUT2D eigenvalue weighted by Gasteiger charge is 2.79. The van der Waals surface area contributed by atoms with Gasteiger partial charge in [-0.25, -0.2) is 0 Å². The number of benzene rings is 3. The van der Waals surface area contributed by atoms with Gasteiger partial charge in [0.2, 0.25) is 11.8 Å². The fraction of sp³-hybridized carbons (Fsp3) is 0.375. The van der Waals surface area contributed by atoms with Crippen molar-refractivity contribution in [3.05, 3.63) is 110 Å². The van der Waals surface area contributed by atoms with Gasteiger partial charge in [0.25, 0.3) is 5.91 Å². The summed E-state index contributed by atoms with van der Waals surface area (Å²) in [6.07, 6.45) is 4.13. The number of hydrogen-bond donors (Lipinski definition) is 1. The highest BCUT2D eigenvalue weighted by Crippen LogP contribution is 2.64. The molecule has 3 heterocycles. The molecule has 6 rings (SSSR count). The molecule has 2 bridgehead atoms. The first-order chi connectivity index (χ1) is 24.2. The van der Waals surface area contributed by atoms with Crippen LogP contribution in [-0.2, 0) is 19.1 Å². The summed E-state index contributed by atoms with van der Waals surface area (Å²) in [4.78, 5) is 49.7. The van der Waals surface area contributed by atoms with Gasteiger partial charge in [-0.15, -0.1) is 13.2 Å². The summed E-state index contributed by atoms with van der Waals surface area (Å²) >= 11 is 0. The molecule has 3 amide bonds. The standard InChI is InChI=1S/C40H45N3O7/c1-6-24-41(28-16-20-31(21-17-28)49-8-3)36(45)33-34-37(46)43(32(26-44)27-12-10-9-11-13-27)35(40(34)23-22-39(33,4)50-40)38(47)42(25-7-2)29-14-18-30(48-5)19-15-29/h6-7,9-21,32-35,44H,1-2,8,22-26H2,3-5H3/t32-,33-,34+,35?,39+,40?/m1/s1. The lowest BCUT2D eigenvalue weighted by Gasteiger charge is -2.39. The molecule has 0 radical (unpaired) electrons. The van der Waals surface area contributed by atoms with Gasteiger partial charge in [0.05, 0.1) is 43.8 Å². The molecule has 0 aliphatic carbocycles. The van der Waals surface area contributed by atoms with E-state index < -0.39 is 47.6 Å². The van der Waals surface area contributed by atoms with E-state index in [4.69, 9.17) is 14.2 Å². The Hall–Kier alpha value is -4.93. The van der Waals surface area contributed by atoms with Crippen LogP contribution in [0.3, 0.4) is 0 Å². The van der Waals surface area contributed by atoms with E-state index in [0.29, 0.717) is 47.9 Å². The number of ether oxygens (including phenoxy) is 3. The maximum atomic E-state index is 15.1. The second kappa shape index (κ2) is 14.1. The van der Waals surface area contributed by atoms with Crippen LogP contribution < -0.4 is 19.3 Å². The zero-order chi connectivity index (χ0) is 35.6. The third-order valence-corrected chi connectivity index (χ3v) is 10.4. The Labute approximate surface area is 293 Å². The van der Waals surface area contributed by atoms with E-state index in [2.05, 4.69) is 13.2 Å². The molecule has 3 aromatic carbocycles. The first-order valence-electron chi connectivity index (χ1n) is 17.1. The minimum absolute atomic E-state index is 0.157. The smallest absolute Gasteiger partial charge is 0.253 e. The topological polar surface area (TPSA) is 109 Å². The summed E-state index contributed by atoms with van der Waals surface area (Å²) in [5, 5.41) is 10.9. The highest BCUT2D eigenvalue weighted by molar-refractivity contribution is 6.07. The van der Waals surface area contributed by atoms with Gasteiger partial charge in [-0.2, -0.15) is 0 Å². The lowest BCUT2D eigenvalue weighted by atomic mass is 9.66. The SMILES string of the molecule is C=CCN(C(=O)C1N([C@H](CO)c2ccccc2)C(=O)[C@@H]2[C@H](C(=O)N(CC=C)c3ccc(OCC)cc3)[C@]3(C)CCC12O3)c1ccc(OC)cc1. The number of amides is 3. The molecule has 10 heteroatoms. The summed E-state index contributed by atoms with van der Waals surface area (Å²) in [5.74, 6) is -1.64. The Bertz CT molecular complexity index is 1730. The van der Waals surface area contributed by atoms with Gasteiger partial charge in [-0.3, -0.25) is 14.4 Å². The van der Waals surface area contributed by atoms with Crippen molar-refractivity contribution < 1.29 is 33.7 Å². The minimum atomic E-state index is -1.32. The van der Waals surface area contributed by atoms with E-state index >= 15 is 9.59 Å². The van der Waals surface area contributed by atoms with Gasteiger partial charge >= 0.3 is 0 Å². The van der Waals surface area contributed by atoms with E-state index in [1.54, 1.807) is 65.5 Å². The minimum Gasteiger partial charge on any atom is -0.497 e. The lowest BCUT2D eigenvalue weighted by molar-refractivity contribution is -0.148. The Kier molecular flexibility index (Phi) is 9.87.